The zero-order valence-corrected chi connectivity index (χ0v) is 14.5. The lowest BCUT2D eigenvalue weighted by atomic mass is 10.1. The van der Waals surface area contributed by atoms with Crippen LogP contribution in [-0.2, 0) is 4.79 Å². The van der Waals surface area contributed by atoms with Gasteiger partial charge in [0.1, 0.15) is 6.10 Å². The summed E-state index contributed by atoms with van der Waals surface area (Å²) in [6.07, 6.45) is 14.6. The monoisotopic (exact) mass is 320 g/mol. The third-order valence-electron chi connectivity index (χ3n) is 4.52. The van der Waals surface area contributed by atoms with Gasteiger partial charge in [0.05, 0.1) is 0 Å². The second-order valence-corrected chi connectivity index (χ2v) is 6.68. The molecule has 2 N–H and O–H groups in total. The summed E-state index contributed by atoms with van der Waals surface area (Å²) in [6, 6.07) is 0. The zero-order valence-electron chi connectivity index (χ0n) is 14.5. The van der Waals surface area contributed by atoms with Crippen molar-refractivity contribution < 1.29 is 15.0 Å². The van der Waals surface area contributed by atoms with Crippen LogP contribution in [-0.4, -0.2) is 22.3 Å². The van der Waals surface area contributed by atoms with E-state index in [0.29, 0.717) is 6.42 Å². The number of carboxylic acid groups (broad SMARTS) is 1. The molecule has 0 saturated heterocycles. The van der Waals surface area contributed by atoms with Gasteiger partial charge in [-0.05, 0) is 56.4 Å². The van der Waals surface area contributed by atoms with Crippen molar-refractivity contribution in [2.75, 3.05) is 0 Å². The number of allylic oxidation sites excluding steroid dienone is 2. The molecule has 0 aromatic carbocycles. The third kappa shape index (κ3) is 11.0. The van der Waals surface area contributed by atoms with E-state index >= 15 is 0 Å². The van der Waals surface area contributed by atoms with E-state index in [-0.39, 0.29) is 0 Å². The Kier molecular flexibility index (Phi) is 10.5. The molecule has 3 unspecified atom stereocenters. The Labute approximate surface area is 141 Å². The standard InChI is InChI=1S/C20H32O3/c1-2-3-6-13-19(21)14-8-5-4-7-11-17-16-18(17)12-9-10-15-20(22)23/h4-5,17-19,21H,2-3,6-7,9-13,15-16H2,1H3,(H,22,23)/b5-4+. The van der Waals surface area contributed by atoms with Gasteiger partial charge in [0.15, 0.2) is 0 Å². The van der Waals surface area contributed by atoms with Gasteiger partial charge in [-0.25, -0.2) is 0 Å². The van der Waals surface area contributed by atoms with Crippen molar-refractivity contribution >= 4 is 5.97 Å². The molecule has 0 aromatic rings. The van der Waals surface area contributed by atoms with Crippen LogP contribution < -0.4 is 0 Å². The Balaban J connectivity index is 1.98. The minimum atomic E-state index is -0.681. The van der Waals surface area contributed by atoms with Crippen LogP contribution in [0.4, 0.5) is 0 Å². The smallest absolute Gasteiger partial charge is 0.303 e. The van der Waals surface area contributed by atoms with E-state index in [0.717, 1.165) is 50.4 Å². The fraction of sp³-hybridized carbons (Fsp3) is 0.750. The van der Waals surface area contributed by atoms with Crippen molar-refractivity contribution in [2.24, 2.45) is 11.8 Å². The summed E-state index contributed by atoms with van der Waals surface area (Å²) in [5.41, 5.74) is 0. The second kappa shape index (κ2) is 12.2. The van der Waals surface area contributed by atoms with Crippen LogP contribution in [0.5, 0.6) is 0 Å². The van der Waals surface area contributed by atoms with Crippen molar-refractivity contribution in [3.63, 3.8) is 0 Å². The summed E-state index contributed by atoms with van der Waals surface area (Å²) in [7, 11) is 0. The van der Waals surface area contributed by atoms with Gasteiger partial charge >= 0.3 is 5.97 Å². The van der Waals surface area contributed by atoms with Crippen LogP contribution in [0.25, 0.3) is 0 Å². The summed E-state index contributed by atoms with van der Waals surface area (Å²) < 4.78 is 0. The maximum atomic E-state index is 10.4. The van der Waals surface area contributed by atoms with Gasteiger partial charge in [-0.2, -0.15) is 0 Å². The van der Waals surface area contributed by atoms with E-state index in [9.17, 15) is 9.90 Å². The van der Waals surface area contributed by atoms with Crippen LogP contribution in [0, 0.1) is 23.7 Å². The molecule has 0 radical (unpaired) electrons. The Bertz CT molecular complexity index is 416. The van der Waals surface area contributed by atoms with Gasteiger partial charge in [0.25, 0.3) is 0 Å². The Morgan fingerprint density at radius 3 is 2.74 bits per heavy atom. The highest BCUT2D eigenvalue weighted by molar-refractivity contribution is 5.66. The molecule has 1 aliphatic rings. The number of aliphatic hydroxyl groups excluding tert-OH is 1. The maximum Gasteiger partial charge on any atom is 0.303 e. The highest BCUT2D eigenvalue weighted by Crippen LogP contribution is 2.45. The Morgan fingerprint density at radius 1 is 1.22 bits per heavy atom. The zero-order chi connectivity index (χ0) is 16.9. The van der Waals surface area contributed by atoms with Crippen molar-refractivity contribution in [3.8, 4) is 11.8 Å². The third-order valence-corrected chi connectivity index (χ3v) is 4.52. The lowest BCUT2D eigenvalue weighted by Crippen LogP contribution is -2.01. The van der Waals surface area contributed by atoms with Crippen LogP contribution in [0.15, 0.2) is 12.2 Å². The van der Waals surface area contributed by atoms with Crippen molar-refractivity contribution in [2.45, 2.75) is 83.7 Å². The first-order valence-corrected chi connectivity index (χ1v) is 9.19. The van der Waals surface area contributed by atoms with E-state index in [1.54, 1.807) is 0 Å². The van der Waals surface area contributed by atoms with E-state index < -0.39 is 12.1 Å². The summed E-state index contributed by atoms with van der Waals surface area (Å²) in [5, 5.41) is 18.2. The molecule has 0 aliphatic heterocycles. The second-order valence-electron chi connectivity index (χ2n) is 6.68. The van der Waals surface area contributed by atoms with Gasteiger partial charge in [0.2, 0.25) is 0 Å². The maximum absolute atomic E-state index is 10.4. The molecule has 1 rings (SSSR count). The number of hydrogen-bond acceptors (Lipinski definition) is 2. The molecule has 1 aliphatic carbocycles. The number of hydrogen-bond donors (Lipinski definition) is 2. The van der Waals surface area contributed by atoms with Crippen molar-refractivity contribution in [1.29, 1.82) is 0 Å². The van der Waals surface area contributed by atoms with Gasteiger partial charge in [-0.15, -0.1) is 0 Å². The SMILES string of the molecule is CCCCCC(O)C#C/C=C/CCC1CC1CCCCC(=O)O. The minimum Gasteiger partial charge on any atom is -0.481 e. The van der Waals surface area contributed by atoms with E-state index in [1.165, 1.54) is 25.7 Å². The molecular formula is C20H32O3. The molecule has 0 aromatic heterocycles. The van der Waals surface area contributed by atoms with E-state index in [4.69, 9.17) is 5.11 Å². The highest BCUT2D eigenvalue weighted by atomic mass is 16.4. The van der Waals surface area contributed by atoms with E-state index in [2.05, 4.69) is 24.8 Å². The first kappa shape index (κ1) is 19.8. The molecule has 23 heavy (non-hydrogen) atoms. The summed E-state index contributed by atoms with van der Waals surface area (Å²) in [6.45, 7) is 2.15. The van der Waals surface area contributed by atoms with Crippen molar-refractivity contribution in [1.82, 2.24) is 0 Å². The molecule has 3 nitrogen and oxygen atoms in total. The molecule has 0 bridgehead atoms. The quantitative estimate of drug-likeness (QED) is 0.410. The molecule has 0 heterocycles. The van der Waals surface area contributed by atoms with Crippen LogP contribution >= 0.6 is 0 Å². The molecule has 0 amide bonds. The highest BCUT2D eigenvalue weighted by Gasteiger charge is 2.34. The average Bonchev–Trinajstić information content (AvgIpc) is 3.26. The topological polar surface area (TPSA) is 57.5 Å². The van der Waals surface area contributed by atoms with Gasteiger partial charge in [-0.1, -0.05) is 50.5 Å². The van der Waals surface area contributed by atoms with Gasteiger partial charge in [0, 0.05) is 6.42 Å². The van der Waals surface area contributed by atoms with Crippen LogP contribution in [0.2, 0.25) is 0 Å². The fourth-order valence-corrected chi connectivity index (χ4v) is 2.96. The van der Waals surface area contributed by atoms with Crippen molar-refractivity contribution in [3.05, 3.63) is 12.2 Å². The fourth-order valence-electron chi connectivity index (χ4n) is 2.96. The predicted molar refractivity (Wildman–Crippen MR) is 94.0 cm³/mol. The first-order chi connectivity index (χ1) is 11.1. The number of carbonyl (C=O) groups is 1. The number of unbranched alkanes of at least 4 members (excludes halogenated alkanes) is 3. The molecule has 1 fully saturated rings. The first-order valence-electron chi connectivity index (χ1n) is 9.19. The normalized spacial score (nSPS) is 21.0. The lowest BCUT2D eigenvalue weighted by molar-refractivity contribution is -0.137. The van der Waals surface area contributed by atoms with Crippen LogP contribution in [0.3, 0.4) is 0 Å². The summed E-state index contributed by atoms with van der Waals surface area (Å²) in [5.74, 6) is 6.77. The molecule has 130 valence electrons. The van der Waals surface area contributed by atoms with Gasteiger partial charge < -0.3 is 10.2 Å². The Morgan fingerprint density at radius 2 is 2.00 bits per heavy atom. The number of aliphatic hydroxyl groups is 1. The average molecular weight is 320 g/mol. The number of aliphatic carboxylic acids is 1. The summed E-state index contributed by atoms with van der Waals surface area (Å²) in [4.78, 5) is 10.4. The summed E-state index contributed by atoms with van der Waals surface area (Å²) >= 11 is 0. The molecular weight excluding hydrogens is 288 g/mol. The lowest BCUT2D eigenvalue weighted by Gasteiger charge is -2.00. The van der Waals surface area contributed by atoms with Crippen LogP contribution in [0.1, 0.15) is 77.6 Å². The molecule has 3 heteroatoms. The molecule has 3 atom stereocenters. The molecule has 1 saturated carbocycles. The Hall–Kier alpha value is -1.27. The molecule has 0 spiro atoms. The predicted octanol–water partition coefficient (Wildman–Crippen LogP) is 4.55. The largest absolute Gasteiger partial charge is 0.481 e. The van der Waals surface area contributed by atoms with E-state index in [1.807, 2.05) is 6.08 Å². The number of carboxylic acids is 1. The minimum absolute atomic E-state index is 0.309. The van der Waals surface area contributed by atoms with Gasteiger partial charge in [-0.3, -0.25) is 4.79 Å². The number of rotatable bonds is 12.